The summed E-state index contributed by atoms with van der Waals surface area (Å²) in [5, 5.41) is 8.97. The van der Waals surface area contributed by atoms with Crippen molar-refractivity contribution in [3.63, 3.8) is 0 Å². The summed E-state index contributed by atoms with van der Waals surface area (Å²) in [6.07, 6.45) is 1.88. The van der Waals surface area contributed by atoms with Crippen LogP contribution in [0.2, 0.25) is 0 Å². The van der Waals surface area contributed by atoms with Gasteiger partial charge in [0.1, 0.15) is 11.9 Å². The molecule has 5 heteroatoms. The lowest BCUT2D eigenvalue weighted by Gasteiger charge is -2.16. The number of aromatic nitrogens is 2. The predicted octanol–water partition coefficient (Wildman–Crippen LogP) is 1.31. The van der Waals surface area contributed by atoms with E-state index in [0.29, 0.717) is 12.8 Å². The monoisotopic (exact) mass is 224 g/mol. The van der Waals surface area contributed by atoms with Crippen LogP contribution in [0.3, 0.4) is 0 Å². The Hall–Kier alpha value is -1.36. The van der Waals surface area contributed by atoms with E-state index in [1.807, 2.05) is 6.92 Å². The summed E-state index contributed by atoms with van der Waals surface area (Å²) < 4.78 is 5.18. The van der Waals surface area contributed by atoms with Crippen LogP contribution in [-0.2, 0) is 22.4 Å². The molecule has 0 amide bonds. The average molecular weight is 224 g/mol. The number of aryl methyl sites for hydroxylation is 1. The van der Waals surface area contributed by atoms with E-state index in [4.69, 9.17) is 9.84 Å². The number of fused-ring (bicyclic) bond motifs is 1. The largest absolute Gasteiger partial charge is 0.481 e. The zero-order valence-electron chi connectivity index (χ0n) is 9.49. The summed E-state index contributed by atoms with van der Waals surface area (Å²) in [4.78, 5) is 18.5. The maximum atomic E-state index is 10.9. The van der Waals surface area contributed by atoms with Crippen molar-refractivity contribution < 1.29 is 14.6 Å². The summed E-state index contributed by atoms with van der Waals surface area (Å²) in [6.45, 7) is 1.92. The van der Waals surface area contributed by atoms with Gasteiger partial charge in [-0.25, -0.2) is 4.98 Å². The number of aliphatic carboxylic acids is 1. The number of methoxy groups -OCH3 is 1. The van der Waals surface area contributed by atoms with Gasteiger partial charge in [0, 0.05) is 19.2 Å². The van der Waals surface area contributed by atoms with Gasteiger partial charge in [-0.3, -0.25) is 4.79 Å². The molecule has 0 radical (unpaired) electrons. The molecule has 2 atom stereocenters. The van der Waals surface area contributed by atoms with Crippen molar-refractivity contribution >= 4 is 5.97 Å². The predicted molar refractivity (Wildman–Crippen MR) is 57.2 cm³/mol. The van der Waals surface area contributed by atoms with E-state index in [-0.39, 0.29) is 12.0 Å². The number of hydrogen-bond donors (Lipinski definition) is 2. The quantitative estimate of drug-likeness (QED) is 0.811. The molecule has 2 N–H and O–H groups in total. The lowest BCUT2D eigenvalue weighted by Crippen LogP contribution is -2.22. The molecule has 1 aromatic heterocycles. The Morgan fingerprint density at radius 2 is 2.44 bits per heavy atom. The number of carboxylic acid groups (broad SMARTS) is 1. The van der Waals surface area contributed by atoms with Crippen molar-refractivity contribution in [1.29, 1.82) is 0 Å². The number of aromatic amines is 1. The molecule has 0 saturated heterocycles. The van der Waals surface area contributed by atoms with Crippen LogP contribution in [0.4, 0.5) is 0 Å². The third-order valence-electron chi connectivity index (χ3n) is 3.15. The van der Waals surface area contributed by atoms with Gasteiger partial charge in [0.2, 0.25) is 0 Å². The first-order valence-corrected chi connectivity index (χ1v) is 5.45. The first kappa shape index (κ1) is 11.1. The van der Waals surface area contributed by atoms with E-state index >= 15 is 0 Å². The standard InChI is InChI=1S/C11H16N2O3/c1-6(16-2)10-12-8-4-3-7(11(14)15)5-9(8)13-10/h6-7H,3-5H2,1-2H3,(H,12,13)(H,14,15). The molecule has 0 saturated carbocycles. The average Bonchev–Trinajstić information content (AvgIpc) is 2.70. The van der Waals surface area contributed by atoms with Gasteiger partial charge in [-0.2, -0.15) is 0 Å². The van der Waals surface area contributed by atoms with Crippen LogP contribution >= 0.6 is 0 Å². The highest BCUT2D eigenvalue weighted by molar-refractivity contribution is 5.70. The molecule has 5 nitrogen and oxygen atoms in total. The van der Waals surface area contributed by atoms with Gasteiger partial charge in [0.05, 0.1) is 11.6 Å². The van der Waals surface area contributed by atoms with Gasteiger partial charge in [-0.05, 0) is 19.8 Å². The van der Waals surface area contributed by atoms with Crippen molar-refractivity contribution in [1.82, 2.24) is 9.97 Å². The van der Waals surface area contributed by atoms with Crippen LogP contribution in [0.25, 0.3) is 0 Å². The minimum absolute atomic E-state index is 0.0751. The molecule has 1 aliphatic rings. The lowest BCUT2D eigenvalue weighted by atomic mass is 9.90. The zero-order chi connectivity index (χ0) is 11.7. The second-order valence-corrected chi connectivity index (χ2v) is 4.20. The Bertz CT molecular complexity index is 400. The lowest BCUT2D eigenvalue weighted by molar-refractivity contribution is -0.142. The number of carboxylic acids is 1. The molecule has 0 spiro atoms. The van der Waals surface area contributed by atoms with Crippen molar-refractivity contribution in [3.05, 3.63) is 17.2 Å². The Labute approximate surface area is 93.8 Å². The van der Waals surface area contributed by atoms with Crippen molar-refractivity contribution in [2.45, 2.75) is 32.3 Å². The number of ether oxygens (including phenoxy) is 1. The number of nitrogens with one attached hydrogen (secondary N) is 1. The Kier molecular flexibility index (Phi) is 2.96. The minimum atomic E-state index is -0.721. The van der Waals surface area contributed by atoms with Crippen LogP contribution in [0, 0.1) is 5.92 Å². The van der Waals surface area contributed by atoms with Crippen molar-refractivity contribution in [2.24, 2.45) is 5.92 Å². The summed E-state index contributed by atoms with van der Waals surface area (Å²) in [5.41, 5.74) is 1.95. The van der Waals surface area contributed by atoms with Crippen LogP contribution in [0.5, 0.6) is 0 Å². The van der Waals surface area contributed by atoms with Gasteiger partial charge in [-0.1, -0.05) is 0 Å². The summed E-state index contributed by atoms with van der Waals surface area (Å²) in [5.74, 6) is -0.209. The SMILES string of the molecule is COC(C)c1nc2c([nH]1)CC(C(=O)O)CC2. The maximum absolute atomic E-state index is 10.9. The fourth-order valence-electron chi connectivity index (χ4n) is 2.02. The number of rotatable bonds is 3. The molecule has 0 bridgehead atoms. The first-order chi connectivity index (χ1) is 7.61. The van der Waals surface area contributed by atoms with Crippen LogP contribution in [0.15, 0.2) is 0 Å². The number of imidazole rings is 1. The maximum Gasteiger partial charge on any atom is 0.306 e. The van der Waals surface area contributed by atoms with E-state index in [9.17, 15) is 4.79 Å². The highest BCUT2D eigenvalue weighted by Crippen LogP contribution is 2.26. The number of hydrogen-bond acceptors (Lipinski definition) is 3. The van der Waals surface area contributed by atoms with Gasteiger partial charge in [0.25, 0.3) is 0 Å². The van der Waals surface area contributed by atoms with Gasteiger partial charge >= 0.3 is 5.97 Å². The molecule has 0 fully saturated rings. The highest BCUT2D eigenvalue weighted by Gasteiger charge is 2.27. The van der Waals surface area contributed by atoms with E-state index in [2.05, 4.69) is 9.97 Å². The molecule has 0 aliphatic heterocycles. The molecular weight excluding hydrogens is 208 g/mol. The smallest absolute Gasteiger partial charge is 0.306 e. The molecule has 2 unspecified atom stereocenters. The van der Waals surface area contributed by atoms with Gasteiger partial charge in [-0.15, -0.1) is 0 Å². The summed E-state index contributed by atoms with van der Waals surface area (Å²) >= 11 is 0. The Morgan fingerprint density at radius 3 is 3.06 bits per heavy atom. The summed E-state index contributed by atoms with van der Waals surface area (Å²) in [6, 6.07) is 0. The van der Waals surface area contributed by atoms with Crippen LogP contribution in [-0.4, -0.2) is 28.2 Å². The molecule has 1 aromatic rings. The minimum Gasteiger partial charge on any atom is -0.481 e. The number of nitrogens with zero attached hydrogens (tertiary/aromatic N) is 1. The molecule has 1 aliphatic carbocycles. The van der Waals surface area contributed by atoms with Crippen LogP contribution in [0.1, 0.15) is 36.7 Å². The fraction of sp³-hybridized carbons (Fsp3) is 0.636. The van der Waals surface area contributed by atoms with Crippen LogP contribution < -0.4 is 0 Å². The Balaban J connectivity index is 2.19. The van der Waals surface area contributed by atoms with Gasteiger partial charge < -0.3 is 14.8 Å². The number of carbonyl (C=O) groups is 1. The fourth-order valence-corrected chi connectivity index (χ4v) is 2.02. The normalized spacial score (nSPS) is 21.5. The topological polar surface area (TPSA) is 75.2 Å². The third kappa shape index (κ3) is 1.95. The molecule has 16 heavy (non-hydrogen) atoms. The Morgan fingerprint density at radius 1 is 1.69 bits per heavy atom. The summed E-state index contributed by atoms with van der Waals surface area (Å²) in [7, 11) is 1.63. The zero-order valence-corrected chi connectivity index (χ0v) is 9.49. The van der Waals surface area contributed by atoms with E-state index in [0.717, 1.165) is 23.6 Å². The molecular formula is C11H16N2O3. The van der Waals surface area contributed by atoms with E-state index in [1.165, 1.54) is 0 Å². The van der Waals surface area contributed by atoms with E-state index < -0.39 is 5.97 Å². The van der Waals surface area contributed by atoms with Crippen molar-refractivity contribution in [3.8, 4) is 0 Å². The third-order valence-corrected chi connectivity index (χ3v) is 3.15. The molecule has 0 aromatic carbocycles. The molecule has 88 valence electrons. The number of H-pyrrole nitrogens is 1. The highest BCUT2D eigenvalue weighted by atomic mass is 16.5. The first-order valence-electron chi connectivity index (χ1n) is 5.45. The second kappa shape index (κ2) is 4.25. The van der Waals surface area contributed by atoms with E-state index in [1.54, 1.807) is 7.11 Å². The van der Waals surface area contributed by atoms with Crippen molar-refractivity contribution in [2.75, 3.05) is 7.11 Å². The van der Waals surface area contributed by atoms with Gasteiger partial charge in [0.15, 0.2) is 0 Å². The molecule has 2 rings (SSSR count). The molecule has 1 heterocycles. The second-order valence-electron chi connectivity index (χ2n) is 4.20.